The standard InChI is InChI=1S/C17H24ClN6O6P/c1-8(2)28-15(25)9(3)23-31(26)27-5-10-12(30-31)17(4,18)16(29-10)24-7-22-11-13(19)20-6-21-14(11)24/h6-10,12,16H,5H2,1-4H3,(H,23,26)(H2,19,20,21)/t9-,10-,12-,16-,17-,31?/m1/s1. The number of esters is 1. The molecule has 3 N–H and O–H groups in total. The lowest BCUT2D eigenvalue weighted by Gasteiger charge is -2.36. The van der Waals surface area contributed by atoms with Crippen molar-refractivity contribution in [2.24, 2.45) is 0 Å². The van der Waals surface area contributed by atoms with Crippen molar-refractivity contribution < 1.29 is 27.9 Å². The molecule has 2 saturated heterocycles. The van der Waals surface area contributed by atoms with E-state index in [0.29, 0.717) is 11.2 Å². The Labute approximate surface area is 183 Å². The van der Waals surface area contributed by atoms with Crippen molar-refractivity contribution in [2.75, 3.05) is 12.3 Å². The summed E-state index contributed by atoms with van der Waals surface area (Å²) < 4.78 is 37.2. The highest BCUT2D eigenvalue weighted by Gasteiger charge is 2.60. The maximum Gasteiger partial charge on any atom is 0.406 e. The van der Waals surface area contributed by atoms with Gasteiger partial charge in [-0.1, -0.05) is 0 Å². The summed E-state index contributed by atoms with van der Waals surface area (Å²) in [4.78, 5) is 23.3. The van der Waals surface area contributed by atoms with Crippen LogP contribution in [0.1, 0.15) is 33.9 Å². The Morgan fingerprint density at radius 3 is 2.87 bits per heavy atom. The molecule has 0 aromatic carbocycles. The van der Waals surface area contributed by atoms with E-state index in [9.17, 15) is 9.36 Å². The first-order chi connectivity index (χ1) is 14.5. The zero-order chi connectivity index (χ0) is 22.6. The van der Waals surface area contributed by atoms with Crippen molar-refractivity contribution in [2.45, 2.75) is 63.2 Å². The monoisotopic (exact) mass is 474 g/mol. The molecular formula is C17H24ClN6O6P. The Morgan fingerprint density at radius 1 is 1.42 bits per heavy atom. The van der Waals surface area contributed by atoms with Crippen LogP contribution in [0.25, 0.3) is 11.2 Å². The van der Waals surface area contributed by atoms with E-state index in [1.807, 2.05) is 0 Å². The molecule has 0 radical (unpaired) electrons. The minimum atomic E-state index is -3.86. The van der Waals surface area contributed by atoms with Crippen LogP contribution in [-0.4, -0.2) is 61.3 Å². The number of nitrogen functional groups attached to an aromatic ring is 1. The van der Waals surface area contributed by atoms with Gasteiger partial charge in [-0.05, 0) is 27.7 Å². The van der Waals surface area contributed by atoms with Gasteiger partial charge in [0.1, 0.15) is 35.0 Å². The third-order valence-corrected chi connectivity index (χ3v) is 7.14. The number of nitrogens with zero attached hydrogens (tertiary/aromatic N) is 4. The molecule has 2 aromatic rings. The van der Waals surface area contributed by atoms with Crippen molar-refractivity contribution >= 4 is 42.3 Å². The van der Waals surface area contributed by atoms with Gasteiger partial charge in [-0.15, -0.1) is 11.6 Å². The fraction of sp³-hybridized carbons (Fsp3) is 0.647. The summed E-state index contributed by atoms with van der Waals surface area (Å²) in [6.07, 6.45) is 0.331. The van der Waals surface area contributed by atoms with Crippen molar-refractivity contribution in [1.29, 1.82) is 0 Å². The molecule has 4 heterocycles. The van der Waals surface area contributed by atoms with Crippen molar-refractivity contribution in [3.8, 4) is 0 Å². The maximum absolute atomic E-state index is 13.2. The number of alkyl halides is 1. The Morgan fingerprint density at radius 2 is 2.16 bits per heavy atom. The normalized spacial score (nSPS) is 34.1. The largest absolute Gasteiger partial charge is 0.462 e. The summed E-state index contributed by atoms with van der Waals surface area (Å²) in [6, 6.07) is -0.915. The molecule has 2 aliphatic heterocycles. The van der Waals surface area contributed by atoms with E-state index >= 15 is 0 Å². The third kappa shape index (κ3) is 4.04. The smallest absolute Gasteiger partial charge is 0.406 e. The number of imidazole rings is 1. The predicted octanol–water partition coefficient (Wildman–Crippen LogP) is 1.76. The highest BCUT2D eigenvalue weighted by atomic mass is 35.5. The molecule has 0 saturated carbocycles. The number of anilines is 1. The molecule has 6 atom stereocenters. The average Bonchev–Trinajstić information content (AvgIpc) is 3.21. The Kier molecular flexibility index (Phi) is 5.74. The van der Waals surface area contributed by atoms with Crippen LogP contribution in [0.15, 0.2) is 12.7 Å². The average molecular weight is 475 g/mol. The summed E-state index contributed by atoms with van der Waals surface area (Å²) in [5, 5.41) is 2.60. The van der Waals surface area contributed by atoms with Crippen LogP contribution >= 0.6 is 19.3 Å². The first-order valence-electron chi connectivity index (χ1n) is 9.70. The minimum Gasteiger partial charge on any atom is -0.462 e. The lowest BCUT2D eigenvalue weighted by molar-refractivity contribution is -0.149. The Bertz CT molecular complexity index is 1050. The zero-order valence-electron chi connectivity index (χ0n) is 17.4. The molecule has 1 unspecified atom stereocenters. The highest BCUT2D eigenvalue weighted by molar-refractivity contribution is 7.51. The van der Waals surface area contributed by atoms with E-state index in [1.165, 1.54) is 19.6 Å². The van der Waals surface area contributed by atoms with Crippen molar-refractivity contribution in [3.63, 3.8) is 0 Å². The van der Waals surface area contributed by atoms with Gasteiger partial charge >= 0.3 is 13.7 Å². The minimum absolute atomic E-state index is 0.0521. The molecule has 31 heavy (non-hydrogen) atoms. The van der Waals surface area contributed by atoms with Gasteiger partial charge in [-0.2, -0.15) is 0 Å². The molecule has 0 bridgehead atoms. The number of fused-ring (bicyclic) bond motifs is 2. The zero-order valence-corrected chi connectivity index (χ0v) is 19.0. The third-order valence-electron chi connectivity index (χ3n) is 5.04. The van der Waals surface area contributed by atoms with E-state index in [2.05, 4.69) is 20.0 Å². The SMILES string of the molecule is CC(C)OC(=O)[C@@H](C)NP1(=O)OC[C@H]2O[C@@H](n3cnc4c(N)ncnc43)[C@](C)(Cl)[C@@H]2O1. The lowest BCUT2D eigenvalue weighted by atomic mass is 10.0. The molecule has 2 aromatic heterocycles. The maximum atomic E-state index is 13.2. The van der Waals surface area contributed by atoms with Gasteiger partial charge in [-0.3, -0.25) is 18.4 Å². The number of halogens is 1. The van der Waals surface area contributed by atoms with Crippen LogP contribution in [0.2, 0.25) is 0 Å². The molecule has 170 valence electrons. The van der Waals surface area contributed by atoms with Crippen LogP contribution in [0.3, 0.4) is 0 Å². The van der Waals surface area contributed by atoms with Crippen molar-refractivity contribution in [1.82, 2.24) is 24.6 Å². The summed E-state index contributed by atoms with van der Waals surface area (Å²) in [5.41, 5.74) is 6.71. The van der Waals surface area contributed by atoms with Crippen molar-refractivity contribution in [3.05, 3.63) is 12.7 Å². The first-order valence-corrected chi connectivity index (χ1v) is 11.6. The fourth-order valence-corrected chi connectivity index (χ4v) is 5.77. The first kappa shape index (κ1) is 22.4. The molecule has 0 aliphatic carbocycles. The summed E-state index contributed by atoms with van der Waals surface area (Å²) in [5.74, 6) is -0.345. The number of aromatic nitrogens is 4. The second kappa shape index (κ2) is 7.95. The van der Waals surface area contributed by atoms with Crippen LogP contribution in [-0.2, 0) is 27.9 Å². The van der Waals surface area contributed by atoms with Gasteiger partial charge < -0.3 is 15.2 Å². The quantitative estimate of drug-likeness (QED) is 0.370. The highest BCUT2D eigenvalue weighted by Crippen LogP contribution is 2.57. The number of hydrogen-bond donors (Lipinski definition) is 2. The molecule has 2 aliphatic rings. The summed E-state index contributed by atoms with van der Waals surface area (Å²) in [7, 11) is -3.86. The molecule has 0 spiro atoms. The fourth-order valence-electron chi connectivity index (χ4n) is 3.59. The van der Waals surface area contributed by atoms with E-state index in [4.69, 9.17) is 35.9 Å². The number of carbonyl (C=O) groups excluding carboxylic acids is 1. The Hall–Kier alpha value is -1.82. The number of ether oxygens (including phenoxy) is 2. The summed E-state index contributed by atoms with van der Waals surface area (Å²) >= 11 is 6.86. The second-order valence-electron chi connectivity index (χ2n) is 7.92. The summed E-state index contributed by atoms with van der Waals surface area (Å²) in [6.45, 7) is 6.60. The van der Waals surface area contributed by atoms with Gasteiger partial charge in [0.25, 0.3) is 0 Å². The number of nitrogens with one attached hydrogen (secondary N) is 1. The number of rotatable bonds is 5. The number of hydrogen-bond acceptors (Lipinski definition) is 10. The molecule has 14 heteroatoms. The lowest BCUT2D eigenvalue weighted by Crippen LogP contribution is -2.47. The van der Waals surface area contributed by atoms with Gasteiger partial charge in [0, 0.05) is 0 Å². The number of nitrogens with two attached hydrogens (primary N) is 1. The van der Waals surface area contributed by atoms with Gasteiger partial charge in [0.05, 0.1) is 19.0 Å². The van der Waals surface area contributed by atoms with Crippen LogP contribution in [0.4, 0.5) is 5.82 Å². The number of carbonyl (C=O) groups is 1. The predicted molar refractivity (Wildman–Crippen MR) is 110 cm³/mol. The van der Waals surface area contributed by atoms with E-state index in [0.717, 1.165) is 0 Å². The van der Waals surface area contributed by atoms with Crippen LogP contribution in [0, 0.1) is 0 Å². The van der Waals surface area contributed by atoms with Crippen LogP contribution < -0.4 is 10.8 Å². The van der Waals surface area contributed by atoms with E-state index < -0.39 is 43.1 Å². The van der Waals surface area contributed by atoms with Gasteiger partial charge in [0.15, 0.2) is 17.7 Å². The topological polar surface area (TPSA) is 153 Å². The Balaban J connectivity index is 1.55. The van der Waals surface area contributed by atoms with E-state index in [1.54, 1.807) is 25.3 Å². The molecule has 0 amide bonds. The van der Waals surface area contributed by atoms with Crippen LogP contribution in [0.5, 0.6) is 0 Å². The molecular weight excluding hydrogens is 451 g/mol. The molecule has 2 fully saturated rings. The van der Waals surface area contributed by atoms with E-state index in [-0.39, 0.29) is 18.5 Å². The van der Waals surface area contributed by atoms with Gasteiger partial charge in [0.2, 0.25) is 0 Å². The molecule has 4 rings (SSSR count). The second-order valence-corrected chi connectivity index (χ2v) is 10.5. The molecule has 12 nitrogen and oxygen atoms in total. The van der Waals surface area contributed by atoms with Gasteiger partial charge in [-0.25, -0.2) is 24.6 Å².